The molecule has 0 heterocycles. The minimum atomic E-state index is -4.42. The van der Waals surface area contributed by atoms with E-state index in [1.54, 1.807) is 0 Å². The molecule has 1 atom stereocenters. The lowest BCUT2D eigenvalue weighted by Gasteiger charge is -2.03. The fraction of sp³-hybridized carbons (Fsp3) is 0.500. The highest BCUT2D eigenvalue weighted by atomic mass is 32.2. The highest BCUT2D eigenvalue weighted by molar-refractivity contribution is 7.86. The van der Waals surface area contributed by atoms with Crippen LogP contribution in [-0.4, -0.2) is 36.1 Å². The third-order valence-electron chi connectivity index (χ3n) is 0.811. The van der Waals surface area contributed by atoms with Gasteiger partial charge in [-0.05, 0) is 12.8 Å². The summed E-state index contributed by atoms with van der Waals surface area (Å²) in [5.74, 6) is 1.83. The molecule has 1 unspecified atom stereocenters. The van der Waals surface area contributed by atoms with E-state index in [1.807, 2.05) is 5.92 Å². The van der Waals surface area contributed by atoms with E-state index in [9.17, 15) is 13.2 Å². The Labute approximate surface area is 75.3 Å². The summed E-state index contributed by atoms with van der Waals surface area (Å²) in [4.78, 5) is 10.6. The third-order valence-corrected chi connectivity index (χ3v) is 1.41. The standard InChI is InChI=1S/C6H8O6S/c1-2-3-5(7)12-6(8)4-13(9,10)11/h5,7H,4H2,1H3,(H,9,10,11). The number of carbonyl (C=O) groups is 1. The van der Waals surface area contributed by atoms with Crippen LogP contribution in [0.5, 0.6) is 0 Å². The van der Waals surface area contributed by atoms with Crippen molar-refractivity contribution >= 4 is 16.1 Å². The number of esters is 1. The monoisotopic (exact) mass is 208 g/mol. The number of aliphatic hydroxyl groups excluding tert-OH is 1. The first-order chi connectivity index (χ1) is 5.85. The van der Waals surface area contributed by atoms with Crippen molar-refractivity contribution < 1.29 is 27.6 Å². The second-order valence-electron chi connectivity index (χ2n) is 1.96. The van der Waals surface area contributed by atoms with Crippen molar-refractivity contribution in [3.63, 3.8) is 0 Å². The maximum Gasteiger partial charge on any atom is 0.326 e. The van der Waals surface area contributed by atoms with Gasteiger partial charge in [-0.25, -0.2) is 0 Å². The Balaban J connectivity index is 4.08. The molecule has 0 rings (SSSR count). The van der Waals surface area contributed by atoms with Crippen LogP contribution in [-0.2, 0) is 19.6 Å². The van der Waals surface area contributed by atoms with E-state index in [0.29, 0.717) is 0 Å². The predicted molar refractivity (Wildman–Crippen MR) is 42.0 cm³/mol. The summed E-state index contributed by atoms with van der Waals surface area (Å²) in [7, 11) is -4.42. The molecular weight excluding hydrogens is 200 g/mol. The van der Waals surface area contributed by atoms with Crippen LogP contribution in [0.3, 0.4) is 0 Å². The lowest BCUT2D eigenvalue weighted by atomic mass is 10.6. The van der Waals surface area contributed by atoms with Crippen LogP contribution < -0.4 is 0 Å². The molecule has 0 amide bonds. The van der Waals surface area contributed by atoms with Gasteiger partial charge in [-0.3, -0.25) is 9.35 Å². The molecule has 0 bridgehead atoms. The van der Waals surface area contributed by atoms with E-state index in [0.717, 1.165) is 0 Å². The molecule has 0 aromatic heterocycles. The van der Waals surface area contributed by atoms with Gasteiger partial charge in [0, 0.05) is 0 Å². The third kappa shape index (κ3) is 7.27. The zero-order chi connectivity index (χ0) is 10.5. The normalized spacial score (nSPS) is 12.5. The zero-order valence-corrected chi connectivity index (χ0v) is 7.54. The van der Waals surface area contributed by atoms with Gasteiger partial charge in [0.1, 0.15) is 0 Å². The van der Waals surface area contributed by atoms with E-state index in [2.05, 4.69) is 10.7 Å². The van der Waals surface area contributed by atoms with E-state index < -0.39 is 28.1 Å². The summed E-state index contributed by atoms with van der Waals surface area (Å²) in [6, 6.07) is 0. The number of hydrogen-bond acceptors (Lipinski definition) is 5. The van der Waals surface area contributed by atoms with Crippen LogP contribution in [0.2, 0.25) is 0 Å². The van der Waals surface area contributed by atoms with Gasteiger partial charge in [-0.1, -0.05) is 0 Å². The fourth-order valence-electron chi connectivity index (χ4n) is 0.460. The molecule has 0 aromatic rings. The highest BCUT2D eigenvalue weighted by Crippen LogP contribution is 1.90. The lowest BCUT2D eigenvalue weighted by Crippen LogP contribution is -2.22. The molecule has 0 aliphatic heterocycles. The first-order valence-electron chi connectivity index (χ1n) is 3.10. The van der Waals surface area contributed by atoms with Gasteiger partial charge in [0.25, 0.3) is 16.4 Å². The maximum atomic E-state index is 10.6. The van der Waals surface area contributed by atoms with E-state index >= 15 is 0 Å². The second-order valence-corrected chi connectivity index (χ2v) is 3.42. The maximum absolute atomic E-state index is 10.6. The van der Waals surface area contributed by atoms with Gasteiger partial charge in [0.05, 0.1) is 0 Å². The minimum Gasteiger partial charge on any atom is -0.423 e. The van der Waals surface area contributed by atoms with Gasteiger partial charge in [-0.2, -0.15) is 8.42 Å². The Hall–Kier alpha value is -1.10. The largest absolute Gasteiger partial charge is 0.423 e. The molecule has 6 nitrogen and oxygen atoms in total. The average molecular weight is 208 g/mol. The van der Waals surface area contributed by atoms with Crippen LogP contribution >= 0.6 is 0 Å². The van der Waals surface area contributed by atoms with Gasteiger partial charge in [0.2, 0.25) is 0 Å². The minimum absolute atomic E-state index is 1.20. The molecule has 74 valence electrons. The molecule has 0 aliphatic rings. The van der Waals surface area contributed by atoms with Crippen molar-refractivity contribution in [2.75, 3.05) is 5.75 Å². The number of rotatable bonds is 3. The van der Waals surface area contributed by atoms with E-state index in [1.165, 1.54) is 6.92 Å². The number of aliphatic hydroxyl groups is 1. The van der Waals surface area contributed by atoms with Crippen LogP contribution in [0, 0.1) is 11.8 Å². The van der Waals surface area contributed by atoms with Crippen molar-refractivity contribution in [3.8, 4) is 11.8 Å². The van der Waals surface area contributed by atoms with Crippen LogP contribution in [0.1, 0.15) is 6.92 Å². The van der Waals surface area contributed by atoms with Gasteiger partial charge in [-0.15, -0.1) is 5.92 Å². The zero-order valence-electron chi connectivity index (χ0n) is 6.72. The highest BCUT2D eigenvalue weighted by Gasteiger charge is 2.16. The average Bonchev–Trinajstić information content (AvgIpc) is 1.81. The molecule has 0 saturated heterocycles. The summed E-state index contributed by atoms with van der Waals surface area (Å²) >= 11 is 0. The Morgan fingerprint density at radius 1 is 1.62 bits per heavy atom. The molecule has 0 fully saturated rings. The molecule has 0 aromatic carbocycles. The van der Waals surface area contributed by atoms with E-state index in [-0.39, 0.29) is 0 Å². The topological polar surface area (TPSA) is 101 Å². The SMILES string of the molecule is CC#CC(O)OC(=O)CS(=O)(=O)O. The molecule has 7 heteroatoms. The predicted octanol–water partition coefficient (Wildman–Crippen LogP) is -1.24. The molecule has 2 N–H and O–H groups in total. The molecule has 0 aliphatic carbocycles. The fourth-order valence-corrected chi connectivity index (χ4v) is 0.826. The first-order valence-corrected chi connectivity index (χ1v) is 4.71. The van der Waals surface area contributed by atoms with Gasteiger partial charge < -0.3 is 9.84 Å². The van der Waals surface area contributed by atoms with Crippen molar-refractivity contribution in [3.05, 3.63) is 0 Å². The van der Waals surface area contributed by atoms with Gasteiger partial charge in [0.15, 0.2) is 5.75 Å². The van der Waals surface area contributed by atoms with Gasteiger partial charge >= 0.3 is 5.97 Å². The lowest BCUT2D eigenvalue weighted by molar-refractivity contribution is -0.156. The van der Waals surface area contributed by atoms with Crippen molar-refractivity contribution in [1.82, 2.24) is 0 Å². The Morgan fingerprint density at radius 2 is 2.15 bits per heavy atom. The molecule has 13 heavy (non-hydrogen) atoms. The van der Waals surface area contributed by atoms with E-state index in [4.69, 9.17) is 9.66 Å². The quantitative estimate of drug-likeness (QED) is 0.260. The Kier molecular flexibility index (Phi) is 4.40. The van der Waals surface area contributed by atoms with Crippen molar-refractivity contribution in [1.29, 1.82) is 0 Å². The van der Waals surface area contributed by atoms with Crippen LogP contribution in [0.15, 0.2) is 0 Å². The smallest absolute Gasteiger partial charge is 0.326 e. The van der Waals surface area contributed by atoms with Crippen LogP contribution in [0.25, 0.3) is 0 Å². The second kappa shape index (κ2) is 4.81. The summed E-state index contributed by atoms with van der Waals surface area (Å²) < 4.78 is 32.5. The first kappa shape index (κ1) is 11.9. The molecule has 0 spiro atoms. The molecule has 0 saturated carbocycles. The Bertz CT molecular complexity index is 332. The van der Waals surface area contributed by atoms with Crippen molar-refractivity contribution in [2.24, 2.45) is 0 Å². The van der Waals surface area contributed by atoms with Crippen molar-refractivity contribution in [2.45, 2.75) is 13.2 Å². The summed E-state index contributed by atoms with van der Waals surface area (Å²) in [5, 5.41) is 8.72. The number of hydrogen-bond donors (Lipinski definition) is 2. The molecular formula is C6H8O6S. The number of carbonyl (C=O) groups excluding carboxylic acids is 1. The summed E-state index contributed by atoms with van der Waals surface area (Å²) in [6.45, 7) is 1.40. The Morgan fingerprint density at radius 3 is 2.54 bits per heavy atom. The van der Waals surface area contributed by atoms with Crippen LogP contribution in [0.4, 0.5) is 0 Å². The molecule has 0 radical (unpaired) electrons. The summed E-state index contributed by atoms with van der Waals surface area (Å²) in [5.41, 5.74) is 0. The summed E-state index contributed by atoms with van der Waals surface area (Å²) in [6.07, 6.45) is -1.67. The number of ether oxygens (including phenoxy) is 1.